The molecule has 0 spiro atoms. The summed E-state index contributed by atoms with van der Waals surface area (Å²) < 4.78 is 10.7. The fourth-order valence-corrected chi connectivity index (χ4v) is 1.80. The van der Waals surface area contributed by atoms with Crippen LogP contribution in [-0.2, 0) is 13.0 Å². The maximum Gasteiger partial charge on any atom is 0.174 e. The highest BCUT2D eigenvalue weighted by Crippen LogP contribution is 2.23. The van der Waals surface area contributed by atoms with Crippen LogP contribution in [0.3, 0.4) is 0 Å². The van der Waals surface area contributed by atoms with Gasteiger partial charge in [0, 0.05) is 11.1 Å². The molecule has 0 aliphatic carbocycles. The van der Waals surface area contributed by atoms with Crippen LogP contribution in [0.2, 0.25) is 5.02 Å². The fraction of sp³-hybridized carbons (Fsp3) is 0.308. The molecule has 90 valence electrons. The second-order valence-corrected chi connectivity index (χ2v) is 4.24. The SMILES string of the molecule is CCc1cc(OCc2cc(C)no2)ccc1Cl. The standard InChI is InChI=1S/C13H14ClNO2/c1-3-10-7-11(4-5-13(10)14)16-8-12-6-9(2)15-17-12/h4-7H,3,8H2,1-2H3. The monoisotopic (exact) mass is 251 g/mol. The molecule has 0 fully saturated rings. The Labute approximate surface area is 105 Å². The van der Waals surface area contributed by atoms with Gasteiger partial charge >= 0.3 is 0 Å². The van der Waals surface area contributed by atoms with E-state index in [2.05, 4.69) is 12.1 Å². The molecule has 3 nitrogen and oxygen atoms in total. The summed E-state index contributed by atoms with van der Waals surface area (Å²) in [5.74, 6) is 1.51. The van der Waals surface area contributed by atoms with E-state index in [-0.39, 0.29) is 0 Å². The Balaban J connectivity index is 2.04. The van der Waals surface area contributed by atoms with E-state index in [1.807, 2.05) is 31.2 Å². The molecule has 1 aromatic heterocycles. The van der Waals surface area contributed by atoms with Crippen molar-refractivity contribution in [3.63, 3.8) is 0 Å². The van der Waals surface area contributed by atoms with Gasteiger partial charge in [0.15, 0.2) is 5.76 Å². The molecular formula is C13H14ClNO2. The number of hydrogen-bond donors (Lipinski definition) is 0. The van der Waals surface area contributed by atoms with Crippen molar-refractivity contribution in [2.24, 2.45) is 0 Å². The lowest BCUT2D eigenvalue weighted by atomic mass is 10.1. The van der Waals surface area contributed by atoms with Crippen molar-refractivity contribution in [2.75, 3.05) is 0 Å². The first-order valence-electron chi connectivity index (χ1n) is 5.52. The fourth-order valence-electron chi connectivity index (χ4n) is 1.55. The van der Waals surface area contributed by atoms with E-state index in [0.29, 0.717) is 6.61 Å². The maximum absolute atomic E-state index is 6.03. The first kappa shape index (κ1) is 12.0. The molecule has 0 unspecified atom stereocenters. The normalized spacial score (nSPS) is 10.5. The number of aromatic nitrogens is 1. The number of aryl methyl sites for hydroxylation is 2. The molecule has 0 saturated carbocycles. The van der Waals surface area contributed by atoms with E-state index < -0.39 is 0 Å². The Morgan fingerprint density at radius 1 is 1.35 bits per heavy atom. The number of benzene rings is 1. The Bertz CT molecular complexity index is 508. The van der Waals surface area contributed by atoms with Gasteiger partial charge in [0.1, 0.15) is 12.4 Å². The molecule has 0 N–H and O–H groups in total. The first-order valence-corrected chi connectivity index (χ1v) is 5.90. The van der Waals surface area contributed by atoms with Crippen LogP contribution < -0.4 is 4.74 Å². The predicted octanol–water partition coefficient (Wildman–Crippen LogP) is 3.78. The van der Waals surface area contributed by atoms with Crippen LogP contribution in [0.5, 0.6) is 5.75 Å². The van der Waals surface area contributed by atoms with Crippen LogP contribution >= 0.6 is 11.6 Å². The number of halogens is 1. The highest BCUT2D eigenvalue weighted by Gasteiger charge is 2.04. The Hall–Kier alpha value is -1.48. The highest BCUT2D eigenvalue weighted by atomic mass is 35.5. The molecule has 0 bridgehead atoms. The summed E-state index contributed by atoms with van der Waals surface area (Å²) in [5, 5.41) is 4.57. The zero-order valence-electron chi connectivity index (χ0n) is 9.87. The van der Waals surface area contributed by atoms with Gasteiger partial charge in [0.25, 0.3) is 0 Å². The third kappa shape index (κ3) is 3.01. The number of ether oxygens (including phenoxy) is 1. The van der Waals surface area contributed by atoms with Crippen LogP contribution in [0.4, 0.5) is 0 Å². The summed E-state index contributed by atoms with van der Waals surface area (Å²) in [7, 11) is 0. The molecule has 0 aliphatic heterocycles. The van der Waals surface area contributed by atoms with Crippen molar-refractivity contribution < 1.29 is 9.26 Å². The van der Waals surface area contributed by atoms with Gasteiger partial charge in [-0.05, 0) is 37.1 Å². The first-order chi connectivity index (χ1) is 8.19. The van der Waals surface area contributed by atoms with Crippen LogP contribution in [-0.4, -0.2) is 5.16 Å². The minimum absolute atomic E-state index is 0.381. The number of nitrogens with zero attached hydrogens (tertiary/aromatic N) is 1. The lowest BCUT2D eigenvalue weighted by Gasteiger charge is -2.06. The molecule has 0 radical (unpaired) electrons. The minimum Gasteiger partial charge on any atom is -0.486 e. The van der Waals surface area contributed by atoms with Crippen LogP contribution in [0.25, 0.3) is 0 Å². The second-order valence-electron chi connectivity index (χ2n) is 3.83. The summed E-state index contributed by atoms with van der Waals surface area (Å²) >= 11 is 6.03. The molecular weight excluding hydrogens is 238 g/mol. The van der Waals surface area contributed by atoms with Gasteiger partial charge in [0.2, 0.25) is 0 Å². The quantitative estimate of drug-likeness (QED) is 0.830. The molecule has 0 saturated heterocycles. The van der Waals surface area contributed by atoms with Gasteiger partial charge in [-0.1, -0.05) is 23.7 Å². The molecule has 2 rings (SSSR count). The Morgan fingerprint density at radius 3 is 2.82 bits per heavy atom. The average molecular weight is 252 g/mol. The smallest absolute Gasteiger partial charge is 0.174 e. The molecule has 0 atom stereocenters. The molecule has 17 heavy (non-hydrogen) atoms. The summed E-state index contributed by atoms with van der Waals surface area (Å²) in [6, 6.07) is 7.51. The van der Waals surface area contributed by atoms with Crippen LogP contribution in [0.1, 0.15) is 23.9 Å². The third-order valence-corrected chi connectivity index (χ3v) is 2.82. The van der Waals surface area contributed by atoms with E-state index >= 15 is 0 Å². The second kappa shape index (κ2) is 5.23. The molecule has 0 amide bonds. The average Bonchev–Trinajstić information content (AvgIpc) is 2.74. The zero-order valence-corrected chi connectivity index (χ0v) is 10.6. The van der Waals surface area contributed by atoms with Gasteiger partial charge in [-0.2, -0.15) is 0 Å². The lowest BCUT2D eigenvalue weighted by molar-refractivity contribution is 0.248. The molecule has 4 heteroatoms. The van der Waals surface area contributed by atoms with Crippen LogP contribution in [0, 0.1) is 6.92 Å². The molecule has 1 heterocycles. The van der Waals surface area contributed by atoms with E-state index in [9.17, 15) is 0 Å². The minimum atomic E-state index is 0.381. The van der Waals surface area contributed by atoms with Crippen molar-refractivity contribution in [3.05, 3.63) is 46.3 Å². The highest BCUT2D eigenvalue weighted by molar-refractivity contribution is 6.31. The van der Waals surface area contributed by atoms with Crippen molar-refractivity contribution in [1.29, 1.82) is 0 Å². The summed E-state index contributed by atoms with van der Waals surface area (Å²) in [5.41, 5.74) is 1.94. The summed E-state index contributed by atoms with van der Waals surface area (Å²) in [6.07, 6.45) is 0.886. The molecule has 0 aliphatic rings. The van der Waals surface area contributed by atoms with Gasteiger partial charge in [-0.3, -0.25) is 0 Å². The largest absolute Gasteiger partial charge is 0.486 e. The van der Waals surface area contributed by atoms with E-state index in [1.54, 1.807) is 0 Å². The van der Waals surface area contributed by atoms with Gasteiger partial charge in [0.05, 0.1) is 5.69 Å². The van der Waals surface area contributed by atoms with Crippen molar-refractivity contribution in [2.45, 2.75) is 26.9 Å². The predicted molar refractivity (Wildman–Crippen MR) is 66.4 cm³/mol. The number of rotatable bonds is 4. The summed E-state index contributed by atoms with van der Waals surface area (Å²) in [6.45, 7) is 4.32. The third-order valence-electron chi connectivity index (χ3n) is 2.46. The van der Waals surface area contributed by atoms with Gasteiger partial charge in [-0.25, -0.2) is 0 Å². The Kier molecular flexibility index (Phi) is 3.69. The van der Waals surface area contributed by atoms with Gasteiger partial charge < -0.3 is 9.26 Å². The molecule has 1 aromatic carbocycles. The maximum atomic E-state index is 6.03. The zero-order chi connectivity index (χ0) is 12.3. The summed E-state index contributed by atoms with van der Waals surface area (Å²) in [4.78, 5) is 0. The molecule has 2 aromatic rings. The van der Waals surface area contributed by atoms with E-state index in [0.717, 1.165) is 34.2 Å². The number of hydrogen-bond acceptors (Lipinski definition) is 3. The topological polar surface area (TPSA) is 35.3 Å². The van der Waals surface area contributed by atoms with Crippen LogP contribution in [0.15, 0.2) is 28.8 Å². The van der Waals surface area contributed by atoms with Crippen molar-refractivity contribution >= 4 is 11.6 Å². The Morgan fingerprint density at radius 2 is 2.18 bits per heavy atom. The van der Waals surface area contributed by atoms with E-state index in [1.165, 1.54) is 0 Å². The van der Waals surface area contributed by atoms with E-state index in [4.69, 9.17) is 20.9 Å². The van der Waals surface area contributed by atoms with Crippen molar-refractivity contribution in [3.8, 4) is 5.75 Å². The lowest BCUT2D eigenvalue weighted by Crippen LogP contribution is -1.94. The van der Waals surface area contributed by atoms with Gasteiger partial charge in [-0.15, -0.1) is 0 Å². The van der Waals surface area contributed by atoms with Crippen molar-refractivity contribution in [1.82, 2.24) is 5.16 Å².